The molecule has 12 nitrogen and oxygen atoms in total. The molecule has 3 heterocycles. The van der Waals surface area contributed by atoms with Gasteiger partial charge in [0.15, 0.2) is 11.5 Å². The second kappa shape index (κ2) is 9.04. The van der Waals surface area contributed by atoms with Crippen LogP contribution in [0.15, 0.2) is 36.5 Å². The van der Waals surface area contributed by atoms with Gasteiger partial charge in [-0.15, -0.1) is 0 Å². The second-order valence-electron chi connectivity index (χ2n) is 9.43. The lowest BCUT2D eigenvalue weighted by atomic mass is 10.0. The first kappa shape index (κ1) is 24.5. The number of hydrogen-bond donors (Lipinski definition) is 2. The largest absolute Gasteiger partial charge is 0.347 e. The fourth-order valence-electron chi connectivity index (χ4n) is 4.58. The zero-order valence-electron chi connectivity index (χ0n) is 20.4. The summed E-state index contributed by atoms with van der Waals surface area (Å²) in [6.45, 7) is 0.590. The number of hydrogen-bond acceptors (Lipinski definition) is 7. The number of nitriles is 1. The molecule has 37 heavy (non-hydrogen) atoms. The molecule has 0 atom stereocenters. The molecule has 2 aromatic heterocycles. The number of anilines is 1. The highest BCUT2D eigenvalue weighted by molar-refractivity contribution is 7.94. The number of nitrogens with zero attached hydrogens (tertiary/aromatic N) is 6. The van der Waals surface area contributed by atoms with E-state index in [1.807, 2.05) is 0 Å². The van der Waals surface area contributed by atoms with Crippen molar-refractivity contribution < 1.29 is 18.0 Å². The van der Waals surface area contributed by atoms with E-state index in [4.69, 9.17) is 5.26 Å². The van der Waals surface area contributed by atoms with E-state index in [9.17, 15) is 18.0 Å². The van der Waals surface area contributed by atoms with Crippen molar-refractivity contribution in [1.29, 1.82) is 5.26 Å². The zero-order chi connectivity index (χ0) is 26.4. The highest BCUT2D eigenvalue weighted by Gasteiger charge is 2.56. The van der Waals surface area contributed by atoms with Crippen LogP contribution in [0, 0.1) is 11.3 Å². The second-order valence-corrected chi connectivity index (χ2v) is 11.5. The number of carbonyl (C=O) groups is 2. The van der Waals surface area contributed by atoms with Gasteiger partial charge >= 0.3 is 0 Å². The van der Waals surface area contributed by atoms with Gasteiger partial charge < -0.3 is 10.2 Å². The monoisotopic (exact) mass is 522 g/mol. The lowest BCUT2D eigenvalue weighted by Crippen LogP contribution is -2.47. The molecule has 13 heteroatoms. The topological polar surface area (TPSA) is 155 Å². The first-order valence-electron chi connectivity index (χ1n) is 11.8. The van der Waals surface area contributed by atoms with Gasteiger partial charge in [-0.25, -0.2) is 8.42 Å². The molecule has 0 unspecified atom stereocenters. The summed E-state index contributed by atoms with van der Waals surface area (Å²) in [6.07, 6.45) is 2.92. The number of nitrogens with one attached hydrogen (secondary N) is 2. The maximum atomic E-state index is 13.4. The van der Waals surface area contributed by atoms with Crippen LogP contribution in [0.25, 0.3) is 0 Å². The minimum Gasteiger partial charge on any atom is -0.347 e. The Morgan fingerprint density at radius 2 is 1.89 bits per heavy atom. The summed E-state index contributed by atoms with van der Waals surface area (Å²) in [4.78, 5) is 27.8. The molecular weight excluding hydrogens is 496 g/mol. The normalized spacial score (nSPS) is 16.1. The van der Waals surface area contributed by atoms with Crippen LogP contribution >= 0.6 is 0 Å². The Hall–Kier alpha value is -4.18. The third-order valence-electron chi connectivity index (χ3n) is 6.83. The van der Waals surface area contributed by atoms with Gasteiger partial charge in [-0.1, -0.05) is 12.1 Å². The van der Waals surface area contributed by atoms with E-state index in [1.54, 1.807) is 50.6 Å². The molecule has 2 aliphatic rings. The summed E-state index contributed by atoms with van der Waals surface area (Å²) in [5.74, 6) is -0.505. The number of amides is 2. The molecule has 0 radical (unpaired) electrons. The fraction of sp³-hybridized carbons (Fsp3) is 0.375. The van der Waals surface area contributed by atoms with Crippen LogP contribution in [0.4, 0.5) is 5.82 Å². The molecule has 0 saturated heterocycles. The van der Waals surface area contributed by atoms with Crippen LogP contribution in [0.2, 0.25) is 0 Å². The van der Waals surface area contributed by atoms with Gasteiger partial charge in [0, 0.05) is 51.6 Å². The van der Waals surface area contributed by atoms with Crippen molar-refractivity contribution in [1.82, 2.24) is 29.8 Å². The number of carbonyl (C=O) groups excluding carboxylic acids is 2. The van der Waals surface area contributed by atoms with Crippen LogP contribution in [0.1, 0.15) is 50.5 Å². The number of aromatic nitrogens is 4. The molecule has 0 spiro atoms. The fourth-order valence-corrected chi connectivity index (χ4v) is 6.15. The number of aryl methyl sites for hydroxylation is 2. The third-order valence-corrected chi connectivity index (χ3v) is 8.98. The van der Waals surface area contributed by atoms with Crippen molar-refractivity contribution in [2.45, 2.75) is 30.6 Å². The van der Waals surface area contributed by atoms with Gasteiger partial charge in [0.05, 0.1) is 11.6 Å². The van der Waals surface area contributed by atoms with E-state index in [2.05, 4.69) is 26.3 Å². The molecule has 5 rings (SSSR count). The maximum absolute atomic E-state index is 13.4. The number of sulfonamides is 1. The highest BCUT2D eigenvalue weighted by Crippen LogP contribution is 2.45. The van der Waals surface area contributed by atoms with Crippen molar-refractivity contribution in [3.8, 4) is 6.07 Å². The molecular formula is C24H26N8O4S. The van der Waals surface area contributed by atoms with Gasteiger partial charge in [-0.3, -0.25) is 23.7 Å². The van der Waals surface area contributed by atoms with Gasteiger partial charge in [0.1, 0.15) is 10.4 Å². The highest BCUT2D eigenvalue weighted by atomic mass is 32.2. The zero-order valence-corrected chi connectivity index (χ0v) is 21.2. The Morgan fingerprint density at radius 1 is 1.16 bits per heavy atom. The molecule has 1 saturated carbocycles. The standard InChI is InChI=1S/C24H26N8O4S/c1-30-11-8-19(27-30)29-37(35,36)24(9-10-24)15-32-12-7-18-20(28-31(2)21(18)23(32)34)22(33)26-14-17-5-3-16(13-25)4-6-17/h3-6,8,11H,7,9-10,12,14-15H2,1-2H3,(H,26,33)(H,27,29). The first-order valence-corrected chi connectivity index (χ1v) is 13.3. The van der Waals surface area contributed by atoms with Crippen molar-refractivity contribution in [2.24, 2.45) is 14.1 Å². The summed E-state index contributed by atoms with van der Waals surface area (Å²) in [5.41, 5.74) is 2.39. The summed E-state index contributed by atoms with van der Waals surface area (Å²) in [5, 5.41) is 20.1. The van der Waals surface area contributed by atoms with E-state index in [-0.39, 0.29) is 37.1 Å². The van der Waals surface area contributed by atoms with Gasteiger partial charge in [-0.05, 0) is 37.0 Å². The molecule has 2 amide bonds. The SMILES string of the molecule is Cn1ccc(NS(=O)(=O)C2(CN3CCc4c(C(=O)NCc5ccc(C#N)cc5)nn(C)c4C3=O)CC2)n1. The number of rotatable bonds is 8. The van der Waals surface area contributed by atoms with E-state index in [0.717, 1.165) is 5.56 Å². The van der Waals surface area contributed by atoms with E-state index < -0.39 is 20.7 Å². The Kier molecular flexibility index (Phi) is 5.99. The molecule has 1 aromatic carbocycles. The van der Waals surface area contributed by atoms with Crippen LogP contribution in [-0.4, -0.2) is 62.5 Å². The molecule has 2 N–H and O–H groups in total. The van der Waals surface area contributed by atoms with Gasteiger partial charge in [0.25, 0.3) is 11.8 Å². The average molecular weight is 523 g/mol. The van der Waals surface area contributed by atoms with E-state index in [1.165, 1.54) is 14.3 Å². The molecule has 1 aliphatic heterocycles. The molecule has 1 aliphatic carbocycles. The predicted molar refractivity (Wildman–Crippen MR) is 133 cm³/mol. The molecule has 1 fully saturated rings. The van der Waals surface area contributed by atoms with Crippen molar-refractivity contribution in [3.05, 3.63) is 64.6 Å². The number of benzene rings is 1. The van der Waals surface area contributed by atoms with Crippen molar-refractivity contribution in [2.75, 3.05) is 17.8 Å². The smallest absolute Gasteiger partial charge is 0.272 e. The predicted octanol–water partition coefficient (Wildman–Crippen LogP) is 0.928. The lowest BCUT2D eigenvalue weighted by molar-refractivity contribution is 0.0724. The van der Waals surface area contributed by atoms with Crippen LogP contribution < -0.4 is 10.0 Å². The first-order chi connectivity index (χ1) is 17.6. The van der Waals surface area contributed by atoms with Crippen molar-refractivity contribution >= 4 is 27.7 Å². The van der Waals surface area contributed by atoms with E-state index in [0.29, 0.717) is 36.1 Å². The van der Waals surface area contributed by atoms with Crippen LogP contribution in [0.3, 0.4) is 0 Å². The van der Waals surface area contributed by atoms with E-state index >= 15 is 0 Å². The summed E-state index contributed by atoms with van der Waals surface area (Å²) >= 11 is 0. The summed E-state index contributed by atoms with van der Waals surface area (Å²) < 4.78 is 30.6. The lowest BCUT2D eigenvalue weighted by Gasteiger charge is -2.30. The minimum absolute atomic E-state index is 0.0544. The average Bonchev–Trinajstić information content (AvgIpc) is 3.45. The Balaban J connectivity index is 1.28. The molecule has 192 valence electrons. The number of fused-ring (bicyclic) bond motifs is 1. The van der Waals surface area contributed by atoms with Crippen molar-refractivity contribution in [3.63, 3.8) is 0 Å². The summed E-state index contributed by atoms with van der Waals surface area (Å²) in [6, 6.07) is 10.5. The quantitative estimate of drug-likeness (QED) is 0.446. The minimum atomic E-state index is -3.77. The Labute approximate surface area is 213 Å². The summed E-state index contributed by atoms with van der Waals surface area (Å²) in [7, 11) is -0.470. The van der Waals surface area contributed by atoms with Gasteiger partial charge in [0.2, 0.25) is 10.0 Å². The Bertz CT molecular complexity index is 1530. The van der Waals surface area contributed by atoms with Gasteiger partial charge in [-0.2, -0.15) is 15.5 Å². The molecule has 3 aromatic rings. The Morgan fingerprint density at radius 3 is 2.51 bits per heavy atom. The van der Waals surface area contributed by atoms with Crippen LogP contribution in [-0.2, 0) is 37.1 Å². The maximum Gasteiger partial charge on any atom is 0.272 e. The van der Waals surface area contributed by atoms with Crippen LogP contribution in [0.5, 0.6) is 0 Å². The molecule has 0 bridgehead atoms. The third kappa shape index (κ3) is 4.55.